The monoisotopic (exact) mass is 264 g/mol. The summed E-state index contributed by atoms with van der Waals surface area (Å²) in [6.45, 7) is 0.341. The maximum Gasteiger partial charge on any atom is 0.377 e. The molecule has 1 aliphatic heterocycles. The molecule has 0 saturated heterocycles. The van der Waals surface area contributed by atoms with Gasteiger partial charge in [0.25, 0.3) is 5.84 Å². The number of esters is 1. The molecule has 0 aromatic heterocycles. The SMILES string of the molecule is O=C(OCC1c2ccccc2-c2ccccc21)C1=NN1. The third kappa shape index (κ3) is 1.69. The second-order valence-corrected chi connectivity index (χ2v) is 4.90. The smallest absolute Gasteiger partial charge is 0.377 e. The van der Waals surface area contributed by atoms with Crippen LogP contribution >= 0.6 is 0 Å². The van der Waals surface area contributed by atoms with E-state index in [0.29, 0.717) is 12.4 Å². The van der Waals surface area contributed by atoms with Gasteiger partial charge in [-0.3, -0.25) is 5.43 Å². The Balaban J connectivity index is 1.68. The van der Waals surface area contributed by atoms with Crippen molar-refractivity contribution in [2.75, 3.05) is 6.61 Å². The number of nitrogens with zero attached hydrogens (tertiary/aromatic N) is 1. The van der Waals surface area contributed by atoms with Crippen LogP contribution in [0.15, 0.2) is 53.6 Å². The fourth-order valence-electron chi connectivity index (χ4n) is 2.79. The summed E-state index contributed by atoms with van der Waals surface area (Å²) >= 11 is 0. The molecular formula is C16H12N2O2. The summed E-state index contributed by atoms with van der Waals surface area (Å²) in [6, 6.07) is 16.5. The summed E-state index contributed by atoms with van der Waals surface area (Å²) in [6.07, 6.45) is 0. The molecule has 0 saturated carbocycles. The molecule has 0 atom stereocenters. The predicted molar refractivity (Wildman–Crippen MR) is 75.3 cm³/mol. The number of fused-ring (bicyclic) bond motifs is 3. The Labute approximate surface area is 116 Å². The van der Waals surface area contributed by atoms with Gasteiger partial charge in [-0.05, 0) is 22.3 Å². The molecule has 4 heteroatoms. The highest BCUT2D eigenvalue weighted by Crippen LogP contribution is 2.44. The van der Waals surface area contributed by atoms with E-state index in [1.807, 2.05) is 24.3 Å². The minimum Gasteiger partial charge on any atom is -0.459 e. The Morgan fingerprint density at radius 2 is 1.60 bits per heavy atom. The van der Waals surface area contributed by atoms with E-state index in [1.165, 1.54) is 22.3 Å². The molecule has 2 aromatic carbocycles. The average Bonchev–Trinajstić information content (AvgIpc) is 3.29. The molecule has 1 aliphatic carbocycles. The van der Waals surface area contributed by atoms with Crippen molar-refractivity contribution < 1.29 is 9.53 Å². The number of ether oxygens (including phenoxy) is 1. The summed E-state index contributed by atoms with van der Waals surface area (Å²) in [5.41, 5.74) is 7.40. The Morgan fingerprint density at radius 3 is 2.15 bits per heavy atom. The summed E-state index contributed by atoms with van der Waals surface area (Å²) in [5.74, 6) is 0.0297. The minimum absolute atomic E-state index is 0.102. The fraction of sp³-hybridized carbons (Fsp3) is 0.125. The van der Waals surface area contributed by atoms with Crippen molar-refractivity contribution in [2.45, 2.75) is 5.92 Å². The van der Waals surface area contributed by atoms with Gasteiger partial charge < -0.3 is 4.74 Å². The molecule has 0 radical (unpaired) electrons. The molecule has 0 amide bonds. The largest absolute Gasteiger partial charge is 0.459 e. The molecule has 2 aromatic rings. The highest BCUT2D eigenvalue weighted by molar-refractivity contribution is 6.39. The van der Waals surface area contributed by atoms with Gasteiger partial charge in [0.1, 0.15) is 6.61 Å². The van der Waals surface area contributed by atoms with Crippen molar-refractivity contribution in [3.63, 3.8) is 0 Å². The number of hydrogen-bond donors (Lipinski definition) is 1. The van der Waals surface area contributed by atoms with Crippen molar-refractivity contribution in [3.05, 3.63) is 59.7 Å². The molecule has 2 aliphatic rings. The van der Waals surface area contributed by atoms with E-state index in [9.17, 15) is 4.79 Å². The number of rotatable bonds is 3. The fourth-order valence-corrected chi connectivity index (χ4v) is 2.79. The van der Waals surface area contributed by atoms with Gasteiger partial charge in [-0.2, -0.15) is 0 Å². The molecule has 0 bridgehead atoms. The zero-order chi connectivity index (χ0) is 13.5. The number of nitrogens with one attached hydrogen (secondary N) is 1. The third-order valence-electron chi connectivity index (χ3n) is 3.76. The van der Waals surface area contributed by atoms with Crippen LogP contribution in [0.3, 0.4) is 0 Å². The van der Waals surface area contributed by atoms with Gasteiger partial charge in [0.05, 0.1) is 0 Å². The lowest BCUT2D eigenvalue weighted by Gasteiger charge is -2.12. The molecule has 1 N–H and O–H groups in total. The molecule has 20 heavy (non-hydrogen) atoms. The molecule has 98 valence electrons. The number of benzene rings is 2. The first-order valence-electron chi connectivity index (χ1n) is 6.53. The van der Waals surface area contributed by atoms with Gasteiger partial charge in [-0.15, -0.1) is 5.10 Å². The molecule has 4 rings (SSSR count). The molecule has 0 spiro atoms. The van der Waals surface area contributed by atoms with E-state index < -0.39 is 0 Å². The molecule has 4 nitrogen and oxygen atoms in total. The Hall–Kier alpha value is -2.62. The Morgan fingerprint density at radius 1 is 1.05 bits per heavy atom. The predicted octanol–water partition coefficient (Wildman–Crippen LogP) is 2.26. The minimum atomic E-state index is -0.383. The molecule has 0 unspecified atom stereocenters. The van der Waals surface area contributed by atoms with E-state index in [4.69, 9.17) is 4.74 Å². The number of hydrazone groups is 1. The van der Waals surface area contributed by atoms with Crippen LogP contribution in [0.2, 0.25) is 0 Å². The van der Waals surface area contributed by atoms with Crippen LogP contribution in [0.5, 0.6) is 0 Å². The van der Waals surface area contributed by atoms with Crippen molar-refractivity contribution in [1.29, 1.82) is 0 Å². The highest BCUT2D eigenvalue weighted by Gasteiger charge is 2.30. The normalized spacial score (nSPS) is 14.9. The first kappa shape index (κ1) is 11.2. The summed E-state index contributed by atoms with van der Waals surface area (Å²) in [7, 11) is 0. The molecule has 0 fully saturated rings. The van der Waals surface area contributed by atoms with Gasteiger partial charge in [-0.1, -0.05) is 48.5 Å². The second-order valence-electron chi connectivity index (χ2n) is 4.90. The second kappa shape index (κ2) is 4.20. The Kier molecular flexibility index (Phi) is 2.36. The van der Waals surface area contributed by atoms with Gasteiger partial charge in [0.2, 0.25) is 0 Å². The zero-order valence-corrected chi connectivity index (χ0v) is 10.7. The average molecular weight is 264 g/mol. The zero-order valence-electron chi connectivity index (χ0n) is 10.7. The van der Waals surface area contributed by atoms with E-state index in [1.54, 1.807) is 0 Å². The van der Waals surface area contributed by atoms with Crippen LogP contribution in [0.25, 0.3) is 11.1 Å². The maximum absolute atomic E-state index is 11.6. The van der Waals surface area contributed by atoms with Crippen LogP contribution in [-0.4, -0.2) is 18.4 Å². The number of hydrogen-bond acceptors (Lipinski definition) is 4. The quantitative estimate of drug-likeness (QED) is 0.865. The standard InChI is InChI=1S/C16H12N2O2/c19-16(15-17-18-15)20-9-14-12-7-3-1-5-10(12)11-6-2-4-8-13(11)14/h1-8,14H,9H2,(H,17,18). The van der Waals surface area contributed by atoms with Crippen molar-refractivity contribution in [2.24, 2.45) is 5.10 Å². The molecular weight excluding hydrogens is 252 g/mol. The van der Waals surface area contributed by atoms with E-state index in [-0.39, 0.29) is 11.9 Å². The topological polar surface area (TPSA) is 60.6 Å². The maximum atomic E-state index is 11.6. The van der Waals surface area contributed by atoms with Crippen molar-refractivity contribution in [3.8, 4) is 11.1 Å². The van der Waals surface area contributed by atoms with Gasteiger partial charge in [0.15, 0.2) is 0 Å². The first-order valence-corrected chi connectivity index (χ1v) is 6.53. The van der Waals surface area contributed by atoms with Crippen molar-refractivity contribution in [1.82, 2.24) is 5.43 Å². The van der Waals surface area contributed by atoms with Gasteiger partial charge >= 0.3 is 5.97 Å². The lowest BCUT2D eigenvalue weighted by molar-refractivity contribution is -0.135. The van der Waals surface area contributed by atoms with Crippen LogP contribution in [0.1, 0.15) is 17.0 Å². The number of carbonyl (C=O) groups excluding carboxylic acids is 1. The summed E-state index contributed by atoms with van der Waals surface area (Å²) in [4.78, 5) is 11.6. The summed E-state index contributed by atoms with van der Waals surface area (Å²) < 4.78 is 5.33. The highest BCUT2D eigenvalue weighted by atomic mass is 16.5. The number of amidine groups is 1. The van der Waals surface area contributed by atoms with Crippen LogP contribution < -0.4 is 5.43 Å². The van der Waals surface area contributed by atoms with E-state index >= 15 is 0 Å². The summed E-state index contributed by atoms with van der Waals surface area (Å²) in [5, 5.41) is 3.63. The van der Waals surface area contributed by atoms with Gasteiger partial charge in [-0.25, -0.2) is 4.79 Å². The van der Waals surface area contributed by atoms with Crippen LogP contribution in [0, 0.1) is 0 Å². The van der Waals surface area contributed by atoms with E-state index in [2.05, 4.69) is 34.8 Å². The van der Waals surface area contributed by atoms with E-state index in [0.717, 1.165) is 0 Å². The third-order valence-corrected chi connectivity index (χ3v) is 3.76. The molecule has 1 heterocycles. The lowest BCUT2D eigenvalue weighted by Crippen LogP contribution is -2.18. The lowest BCUT2D eigenvalue weighted by atomic mass is 9.98. The van der Waals surface area contributed by atoms with Gasteiger partial charge in [0, 0.05) is 5.92 Å². The first-order chi connectivity index (χ1) is 9.84. The van der Waals surface area contributed by atoms with Crippen molar-refractivity contribution >= 4 is 11.8 Å². The Bertz CT molecular complexity index is 691. The van der Waals surface area contributed by atoms with Crippen LogP contribution in [-0.2, 0) is 9.53 Å². The van der Waals surface area contributed by atoms with Crippen LogP contribution in [0.4, 0.5) is 0 Å². The number of carbonyl (C=O) groups is 1.